The summed E-state index contributed by atoms with van der Waals surface area (Å²) >= 11 is 0. The molecule has 0 aliphatic carbocycles. The molecule has 1 N–H and O–H groups in total. The van der Waals surface area contributed by atoms with Crippen molar-refractivity contribution in [3.63, 3.8) is 0 Å². The largest absolute Gasteiger partial charge is 0.372 e. The first-order chi connectivity index (χ1) is 10.7. The van der Waals surface area contributed by atoms with Gasteiger partial charge in [-0.3, -0.25) is 4.99 Å². The lowest BCUT2D eigenvalue weighted by molar-refractivity contribution is 0.497. The fourth-order valence-electron chi connectivity index (χ4n) is 2.13. The molecule has 0 aromatic heterocycles. The number of halogens is 1. The van der Waals surface area contributed by atoms with E-state index in [1.165, 1.54) is 0 Å². The number of hydrogen-bond donors (Lipinski definition) is 1. The van der Waals surface area contributed by atoms with Crippen molar-refractivity contribution in [3.05, 3.63) is 53.3 Å². The molecular formula is C18H20FN3. The summed E-state index contributed by atoms with van der Waals surface area (Å²) in [6, 6.07) is 7.79. The van der Waals surface area contributed by atoms with Gasteiger partial charge in [-0.25, -0.2) is 4.39 Å². The number of allylic oxidation sites excluding steroid dienone is 2. The number of rotatable bonds is 3. The first kappa shape index (κ1) is 15.8. The van der Waals surface area contributed by atoms with Crippen molar-refractivity contribution in [2.24, 2.45) is 4.99 Å². The van der Waals surface area contributed by atoms with Crippen LogP contribution < -0.4 is 10.2 Å². The van der Waals surface area contributed by atoms with Crippen LogP contribution in [0.25, 0.3) is 0 Å². The van der Waals surface area contributed by atoms with Gasteiger partial charge in [0.1, 0.15) is 12.5 Å². The van der Waals surface area contributed by atoms with E-state index in [4.69, 9.17) is 0 Å². The van der Waals surface area contributed by atoms with Crippen molar-refractivity contribution >= 4 is 11.5 Å². The minimum absolute atomic E-state index is 0.355. The van der Waals surface area contributed by atoms with E-state index in [-0.39, 0.29) is 6.67 Å². The van der Waals surface area contributed by atoms with Gasteiger partial charge >= 0.3 is 0 Å². The summed E-state index contributed by atoms with van der Waals surface area (Å²) < 4.78 is 12.3. The number of benzene rings is 1. The molecule has 2 rings (SSSR count). The maximum Gasteiger partial charge on any atom is 0.132 e. The lowest BCUT2D eigenvalue weighted by Gasteiger charge is -2.16. The maximum atomic E-state index is 12.3. The predicted octanol–water partition coefficient (Wildman–Crippen LogP) is 2.91. The molecule has 0 atom stereocenters. The number of amidine groups is 1. The second-order valence-electron chi connectivity index (χ2n) is 4.91. The van der Waals surface area contributed by atoms with E-state index in [2.05, 4.69) is 22.2 Å². The predicted molar refractivity (Wildman–Crippen MR) is 90.9 cm³/mol. The SMILES string of the molecule is C/C=C1/C=C(C#Cc2ccc(N(C)CCF)cc2)NC1=NC. The monoisotopic (exact) mass is 297 g/mol. The molecule has 1 aromatic carbocycles. The molecule has 0 bridgehead atoms. The van der Waals surface area contributed by atoms with Gasteiger partial charge in [0.25, 0.3) is 0 Å². The Bertz CT molecular complexity index is 673. The van der Waals surface area contributed by atoms with Gasteiger partial charge in [-0.15, -0.1) is 0 Å². The standard InChI is InChI=1S/C18H20FN3/c1-4-15-13-16(21-18(15)20-2)8-5-14-6-9-17(10-7-14)22(3)12-11-19/h4,6-7,9-10,13H,11-12H2,1-3H3,(H,20,21)/b15-4-. The van der Waals surface area contributed by atoms with E-state index in [1.807, 2.05) is 55.3 Å². The lowest BCUT2D eigenvalue weighted by atomic mass is 10.2. The van der Waals surface area contributed by atoms with Crippen LogP contribution in [0, 0.1) is 11.8 Å². The Morgan fingerprint density at radius 1 is 1.27 bits per heavy atom. The molecule has 0 amide bonds. The Morgan fingerprint density at radius 3 is 2.55 bits per heavy atom. The molecule has 114 valence electrons. The van der Waals surface area contributed by atoms with E-state index in [9.17, 15) is 4.39 Å². The highest BCUT2D eigenvalue weighted by Gasteiger charge is 2.12. The molecule has 0 fully saturated rings. The molecule has 1 heterocycles. The molecule has 3 nitrogen and oxygen atoms in total. The second-order valence-corrected chi connectivity index (χ2v) is 4.91. The van der Waals surface area contributed by atoms with Gasteiger partial charge in [0, 0.05) is 37.5 Å². The maximum absolute atomic E-state index is 12.3. The summed E-state index contributed by atoms with van der Waals surface area (Å²) in [6.45, 7) is 2.02. The van der Waals surface area contributed by atoms with Gasteiger partial charge in [0.05, 0.1) is 5.70 Å². The minimum atomic E-state index is -0.355. The summed E-state index contributed by atoms with van der Waals surface area (Å²) in [5.74, 6) is 7.07. The van der Waals surface area contributed by atoms with Crippen molar-refractivity contribution in [3.8, 4) is 11.8 Å². The Morgan fingerprint density at radius 2 is 2.00 bits per heavy atom. The minimum Gasteiger partial charge on any atom is -0.372 e. The average molecular weight is 297 g/mol. The molecule has 1 aliphatic heterocycles. The lowest BCUT2D eigenvalue weighted by Crippen LogP contribution is -2.19. The third-order valence-corrected chi connectivity index (χ3v) is 3.43. The van der Waals surface area contributed by atoms with Crippen molar-refractivity contribution in [2.75, 3.05) is 32.2 Å². The van der Waals surface area contributed by atoms with Gasteiger partial charge in [-0.1, -0.05) is 12.0 Å². The number of hydrogen-bond acceptors (Lipinski definition) is 2. The Hall–Kier alpha value is -2.54. The number of nitrogens with one attached hydrogen (secondary N) is 1. The van der Waals surface area contributed by atoms with Crippen LogP contribution in [0.5, 0.6) is 0 Å². The van der Waals surface area contributed by atoms with Crippen LogP contribution in [0.4, 0.5) is 10.1 Å². The number of anilines is 1. The average Bonchev–Trinajstić information content (AvgIpc) is 2.96. The number of aliphatic imine (C=N–C) groups is 1. The fraction of sp³-hybridized carbons (Fsp3) is 0.278. The van der Waals surface area contributed by atoms with Crippen molar-refractivity contribution in [2.45, 2.75) is 6.92 Å². The fourth-order valence-corrected chi connectivity index (χ4v) is 2.13. The highest BCUT2D eigenvalue weighted by Crippen LogP contribution is 2.14. The van der Waals surface area contributed by atoms with E-state index in [1.54, 1.807) is 7.05 Å². The summed E-state index contributed by atoms with van der Waals surface area (Å²) in [5, 5.41) is 3.18. The first-order valence-corrected chi connectivity index (χ1v) is 7.19. The van der Waals surface area contributed by atoms with Gasteiger partial charge < -0.3 is 10.2 Å². The number of nitrogens with zero attached hydrogens (tertiary/aromatic N) is 2. The summed E-state index contributed by atoms with van der Waals surface area (Å²) in [5.41, 5.74) is 3.80. The van der Waals surface area contributed by atoms with Crippen LogP contribution in [0.2, 0.25) is 0 Å². The summed E-state index contributed by atoms with van der Waals surface area (Å²) in [6.07, 6.45) is 3.98. The zero-order chi connectivity index (χ0) is 15.9. The molecule has 0 unspecified atom stereocenters. The highest BCUT2D eigenvalue weighted by molar-refractivity contribution is 6.05. The Labute approximate surface area is 131 Å². The first-order valence-electron chi connectivity index (χ1n) is 7.19. The number of alkyl halides is 1. The summed E-state index contributed by atoms with van der Waals surface area (Å²) in [7, 11) is 3.63. The van der Waals surface area contributed by atoms with Crippen molar-refractivity contribution in [1.29, 1.82) is 0 Å². The molecule has 0 saturated heterocycles. The normalized spacial score (nSPS) is 17.0. The highest BCUT2D eigenvalue weighted by atomic mass is 19.1. The smallest absolute Gasteiger partial charge is 0.132 e. The zero-order valence-electron chi connectivity index (χ0n) is 13.2. The van der Waals surface area contributed by atoms with Crippen LogP contribution in [-0.2, 0) is 0 Å². The second kappa shape index (κ2) is 7.46. The van der Waals surface area contributed by atoms with Crippen LogP contribution >= 0.6 is 0 Å². The van der Waals surface area contributed by atoms with Crippen LogP contribution in [0.3, 0.4) is 0 Å². The van der Waals surface area contributed by atoms with Crippen molar-refractivity contribution in [1.82, 2.24) is 5.32 Å². The summed E-state index contributed by atoms with van der Waals surface area (Å²) in [4.78, 5) is 6.05. The van der Waals surface area contributed by atoms with Gasteiger partial charge in [-0.05, 0) is 43.2 Å². The van der Waals surface area contributed by atoms with Crippen LogP contribution in [-0.4, -0.2) is 33.2 Å². The van der Waals surface area contributed by atoms with Crippen molar-refractivity contribution < 1.29 is 4.39 Å². The Balaban J connectivity index is 2.10. The van der Waals surface area contributed by atoms with Gasteiger partial charge in [0.15, 0.2) is 0 Å². The van der Waals surface area contributed by atoms with E-state index >= 15 is 0 Å². The Kier molecular flexibility index (Phi) is 5.37. The molecular weight excluding hydrogens is 277 g/mol. The third-order valence-electron chi connectivity index (χ3n) is 3.43. The van der Waals surface area contributed by atoms with E-state index in [0.717, 1.165) is 28.4 Å². The molecule has 1 aliphatic rings. The molecule has 22 heavy (non-hydrogen) atoms. The third kappa shape index (κ3) is 3.76. The molecule has 4 heteroatoms. The zero-order valence-corrected chi connectivity index (χ0v) is 13.2. The molecule has 1 aromatic rings. The quantitative estimate of drug-likeness (QED) is 0.869. The van der Waals surface area contributed by atoms with E-state index < -0.39 is 0 Å². The van der Waals surface area contributed by atoms with Crippen LogP contribution in [0.1, 0.15) is 12.5 Å². The topological polar surface area (TPSA) is 27.6 Å². The molecule has 0 radical (unpaired) electrons. The van der Waals surface area contributed by atoms with Gasteiger partial charge in [0.2, 0.25) is 0 Å². The molecule has 0 spiro atoms. The van der Waals surface area contributed by atoms with E-state index in [0.29, 0.717) is 6.54 Å². The van der Waals surface area contributed by atoms with Gasteiger partial charge in [-0.2, -0.15) is 0 Å². The molecule has 0 saturated carbocycles. The van der Waals surface area contributed by atoms with Crippen LogP contribution in [0.15, 0.2) is 52.7 Å².